The van der Waals surface area contributed by atoms with Gasteiger partial charge in [0.25, 0.3) is 0 Å². The van der Waals surface area contributed by atoms with Crippen molar-refractivity contribution in [3.05, 3.63) is 0 Å². The summed E-state index contributed by atoms with van der Waals surface area (Å²) < 4.78 is 6.03. The lowest BCUT2D eigenvalue weighted by molar-refractivity contribution is -0.119. The second-order valence-corrected chi connectivity index (χ2v) is 8.20. The van der Waals surface area contributed by atoms with Crippen LogP contribution in [0.2, 0.25) is 0 Å². The smallest absolute Gasteiger partial charge is 0.231 e. The molecule has 1 heterocycles. The first-order chi connectivity index (χ1) is 12.4. The number of nitrogens with zero attached hydrogens (tertiary/aromatic N) is 2. The molecule has 2 aliphatic rings. The van der Waals surface area contributed by atoms with Gasteiger partial charge >= 0.3 is 0 Å². The molecule has 2 fully saturated rings. The van der Waals surface area contributed by atoms with Gasteiger partial charge in [0, 0.05) is 44.2 Å². The number of hydrogen-bond acceptors (Lipinski definition) is 4. The highest BCUT2D eigenvalue weighted by Crippen LogP contribution is 2.42. The summed E-state index contributed by atoms with van der Waals surface area (Å²) in [6.45, 7) is 9.71. The van der Waals surface area contributed by atoms with E-state index in [0.717, 1.165) is 51.3 Å². The molecule has 7 nitrogen and oxygen atoms in total. The van der Waals surface area contributed by atoms with Crippen LogP contribution in [0.4, 0.5) is 0 Å². The maximum absolute atomic E-state index is 11.0. The first-order valence-corrected chi connectivity index (χ1v) is 9.99. The van der Waals surface area contributed by atoms with Gasteiger partial charge in [0.05, 0.1) is 12.6 Å². The van der Waals surface area contributed by atoms with Crippen LogP contribution in [-0.2, 0) is 9.53 Å². The molecule has 2 atom stereocenters. The zero-order valence-electron chi connectivity index (χ0n) is 17.3. The fraction of sp³-hybridized carbons (Fsp3) is 0.895. The zero-order chi connectivity index (χ0) is 19.2. The molecule has 0 bridgehead atoms. The van der Waals surface area contributed by atoms with Crippen molar-refractivity contribution in [3.8, 4) is 0 Å². The van der Waals surface area contributed by atoms with Crippen LogP contribution in [0.15, 0.2) is 4.99 Å². The number of halogens is 1. The molecule has 158 valence electrons. The number of ether oxygens (including phenoxy) is 1. The van der Waals surface area contributed by atoms with Gasteiger partial charge in [0.1, 0.15) is 0 Å². The van der Waals surface area contributed by atoms with Crippen molar-refractivity contribution in [1.29, 1.82) is 0 Å². The minimum Gasteiger partial charge on any atom is -0.378 e. The van der Waals surface area contributed by atoms with Crippen LogP contribution in [-0.4, -0.2) is 68.2 Å². The van der Waals surface area contributed by atoms with Gasteiger partial charge in [-0.15, -0.1) is 24.0 Å². The molecule has 1 saturated heterocycles. The SMILES string of the molecule is CCCCOC1CC(NC(=NC)NC2CCN(CC(N)=O)CC2)C1(C)C.I. The van der Waals surface area contributed by atoms with E-state index in [-0.39, 0.29) is 35.3 Å². The Kier molecular flexibility index (Phi) is 10.3. The predicted molar refractivity (Wildman–Crippen MR) is 121 cm³/mol. The fourth-order valence-corrected chi connectivity index (χ4v) is 3.77. The van der Waals surface area contributed by atoms with Gasteiger partial charge < -0.3 is 21.1 Å². The Morgan fingerprint density at radius 1 is 1.30 bits per heavy atom. The number of unbranched alkanes of at least 4 members (excludes halogenated alkanes) is 1. The average Bonchev–Trinajstić information content (AvgIpc) is 2.60. The molecule has 0 radical (unpaired) electrons. The highest BCUT2D eigenvalue weighted by Gasteiger charge is 2.49. The Hall–Kier alpha value is -0.610. The molecule has 1 amide bonds. The number of amides is 1. The third kappa shape index (κ3) is 7.05. The lowest BCUT2D eigenvalue weighted by atomic mass is 9.64. The largest absolute Gasteiger partial charge is 0.378 e. The van der Waals surface area contributed by atoms with Crippen LogP contribution >= 0.6 is 24.0 Å². The Labute approximate surface area is 181 Å². The van der Waals surface area contributed by atoms with Crippen molar-refractivity contribution < 1.29 is 9.53 Å². The molecule has 2 unspecified atom stereocenters. The van der Waals surface area contributed by atoms with Crippen LogP contribution in [0.1, 0.15) is 52.9 Å². The fourth-order valence-electron chi connectivity index (χ4n) is 3.77. The van der Waals surface area contributed by atoms with E-state index in [2.05, 4.69) is 41.3 Å². The maximum Gasteiger partial charge on any atom is 0.231 e. The minimum atomic E-state index is -0.253. The van der Waals surface area contributed by atoms with E-state index in [1.165, 1.54) is 6.42 Å². The Balaban J connectivity index is 0.00000364. The maximum atomic E-state index is 11.0. The lowest BCUT2D eigenvalue weighted by Gasteiger charge is -2.52. The molecule has 1 saturated carbocycles. The van der Waals surface area contributed by atoms with Crippen LogP contribution in [0.5, 0.6) is 0 Å². The number of nitrogens with one attached hydrogen (secondary N) is 2. The van der Waals surface area contributed by atoms with Gasteiger partial charge in [-0.2, -0.15) is 0 Å². The van der Waals surface area contributed by atoms with Crippen molar-refractivity contribution in [3.63, 3.8) is 0 Å². The predicted octanol–water partition coefficient (Wildman–Crippen LogP) is 1.70. The molecule has 27 heavy (non-hydrogen) atoms. The van der Waals surface area contributed by atoms with E-state index in [4.69, 9.17) is 10.5 Å². The van der Waals surface area contributed by atoms with Gasteiger partial charge in [0.2, 0.25) is 5.91 Å². The van der Waals surface area contributed by atoms with Gasteiger partial charge in [-0.05, 0) is 25.7 Å². The van der Waals surface area contributed by atoms with E-state index < -0.39 is 0 Å². The summed E-state index contributed by atoms with van der Waals surface area (Å²) in [5, 5.41) is 7.11. The number of carbonyl (C=O) groups excluding carboxylic acids is 1. The lowest BCUT2D eigenvalue weighted by Crippen LogP contribution is -2.64. The van der Waals surface area contributed by atoms with Crippen LogP contribution < -0.4 is 16.4 Å². The van der Waals surface area contributed by atoms with E-state index >= 15 is 0 Å². The topological polar surface area (TPSA) is 92.0 Å². The highest BCUT2D eigenvalue weighted by molar-refractivity contribution is 14.0. The second kappa shape index (κ2) is 11.4. The van der Waals surface area contributed by atoms with E-state index in [0.29, 0.717) is 24.7 Å². The molecule has 8 heteroatoms. The van der Waals surface area contributed by atoms with Crippen molar-refractivity contribution >= 4 is 35.8 Å². The van der Waals surface area contributed by atoms with Crippen molar-refractivity contribution in [2.24, 2.45) is 16.1 Å². The third-order valence-electron chi connectivity index (χ3n) is 5.84. The highest BCUT2D eigenvalue weighted by atomic mass is 127. The van der Waals surface area contributed by atoms with Crippen molar-refractivity contribution in [2.45, 2.75) is 71.1 Å². The number of likely N-dealkylation sites (tertiary alicyclic amines) is 1. The summed E-state index contributed by atoms with van der Waals surface area (Å²) in [5.74, 6) is 0.611. The Bertz CT molecular complexity index is 492. The number of aliphatic imine (C=N–C) groups is 1. The summed E-state index contributed by atoms with van der Waals surface area (Å²) in [6.07, 6.45) is 5.62. The number of hydrogen-bond donors (Lipinski definition) is 3. The van der Waals surface area contributed by atoms with E-state index in [1.54, 1.807) is 0 Å². The molecule has 1 aliphatic heterocycles. The van der Waals surface area contributed by atoms with Gasteiger partial charge in [0.15, 0.2) is 5.96 Å². The summed E-state index contributed by atoms with van der Waals surface area (Å²) >= 11 is 0. The average molecular weight is 495 g/mol. The number of piperidine rings is 1. The van der Waals surface area contributed by atoms with Gasteiger partial charge in [-0.3, -0.25) is 14.7 Å². The van der Waals surface area contributed by atoms with E-state index in [1.807, 2.05) is 7.05 Å². The molecule has 0 aromatic heterocycles. The normalized spacial score (nSPS) is 26.0. The van der Waals surface area contributed by atoms with Crippen LogP contribution in [0.25, 0.3) is 0 Å². The molecule has 2 rings (SSSR count). The summed E-state index contributed by atoms with van der Waals surface area (Å²) in [6, 6.07) is 0.750. The van der Waals surface area contributed by atoms with Gasteiger partial charge in [-0.1, -0.05) is 27.2 Å². The van der Waals surface area contributed by atoms with Gasteiger partial charge in [-0.25, -0.2) is 0 Å². The minimum absolute atomic E-state index is 0. The molecule has 4 N–H and O–H groups in total. The molecular weight excluding hydrogens is 457 g/mol. The summed E-state index contributed by atoms with van der Waals surface area (Å²) in [4.78, 5) is 17.5. The number of carbonyl (C=O) groups is 1. The standard InChI is InChI=1S/C19H37N5O2.HI/c1-5-6-11-26-16-12-15(19(16,2)3)23-18(21-4)22-14-7-9-24(10-8-14)13-17(20)25;/h14-16H,5-13H2,1-4H3,(H2,20,25)(H2,21,22,23);1H. The monoisotopic (exact) mass is 495 g/mol. The third-order valence-corrected chi connectivity index (χ3v) is 5.84. The van der Waals surface area contributed by atoms with Crippen molar-refractivity contribution in [1.82, 2.24) is 15.5 Å². The van der Waals surface area contributed by atoms with Crippen LogP contribution in [0.3, 0.4) is 0 Å². The Morgan fingerprint density at radius 2 is 1.96 bits per heavy atom. The first-order valence-electron chi connectivity index (χ1n) is 9.99. The molecule has 0 aromatic carbocycles. The quantitative estimate of drug-likeness (QED) is 0.206. The molecular formula is C19H38IN5O2. The number of rotatable bonds is 8. The molecule has 1 aliphatic carbocycles. The van der Waals surface area contributed by atoms with Crippen LogP contribution in [0, 0.1) is 5.41 Å². The zero-order valence-corrected chi connectivity index (χ0v) is 19.6. The number of nitrogens with two attached hydrogens (primary N) is 1. The first kappa shape index (κ1) is 24.4. The summed E-state index contributed by atoms with van der Waals surface area (Å²) in [5.41, 5.74) is 5.38. The van der Waals surface area contributed by atoms with E-state index in [9.17, 15) is 4.79 Å². The Morgan fingerprint density at radius 3 is 2.48 bits per heavy atom. The number of primary amides is 1. The number of guanidine groups is 1. The molecule has 0 aromatic rings. The molecule has 0 spiro atoms. The summed E-state index contributed by atoms with van der Waals surface area (Å²) in [7, 11) is 1.82. The second-order valence-electron chi connectivity index (χ2n) is 8.20. The van der Waals surface area contributed by atoms with Crippen molar-refractivity contribution in [2.75, 3.05) is 33.3 Å².